The molecule has 6 nitrogen and oxygen atoms in total. The Bertz CT molecular complexity index is 898. The first-order valence-corrected chi connectivity index (χ1v) is 7.90. The van der Waals surface area contributed by atoms with E-state index in [0.717, 1.165) is 16.5 Å². The van der Waals surface area contributed by atoms with E-state index in [-0.39, 0.29) is 17.2 Å². The number of nitrogens with one attached hydrogen (secondary N) is 1. The Hall–Kier alpha value is -2.74. The van der Waals surface area contributed by atoms with Gasteiger partial charge in [0.05, 0.1) is 5.59 Å². The van der Waals surface area contributed by atoms with Gasteiger partial charge < -0.3 is 21.1 Å². The number of nitrogens with zero attached hydrogens (tertiary/aromatic N) is 1. The summed E-state index contributed by atoms with van der Waals surface area (Å²) in [5.41, 5.74) is 7.73. The molecule has 0 fully saturated rings. The number of hydrogen-bond acceptors (Lipinski definition) is 5. The van der Waals surface area contributed by atoms with Gasteiger partial charge in [0.1, 0.15) is 5.69 Å². The van der Waals surface area contributed by atoms with Crippen LogP contribution in [0.15, 0.2) is 54.6 Å². The number of benzene rings is 2. The van der Waals surface area contributed by atoms with Gasteiger partial charge in [-0.05, 0) is 28.0 Å². The van der Waals surface area contributed by atoms with Crippen molar-refractivity contribution in [3.8, 4) is 0 Å². The van der Waals surface area contributed by atoms with Crippen LogP contribution in [0.2, 0.25) is 0 Å². The number of aromatic nitrogens is 1. The molecule has 1 heterocycles. The molecule has 0 aliphatic rings. The van der Waals surface area contributed by atoms with Gasteiger partial charge in [0.25, 0.3) is 5.91 Å². The van der Waals surface area contributed by atoms with E-state index in [9.17, 15) is 14.8 Å². The first kappa shape index (κ1) is 17.1. The molecule has 0 radical (unpaired) electrons. The Morgan fingerprint density at radius 2 is 1.76 bits per heavy atom. The van der Waals surface area contributed by atoms with Gasteiger partial charge in [-0.2, -0.15) is 0 Å². The van der Waals surface area contributed by atoms with Gasteiger partial charge in [-0.1, -0.05) is 48.5 Å². The van der Waals surface area contributed by atoms with Crippen LogP contribution in [0, 0.1) is 0 Å². The molecule has 2 aromatic carbocycles. The van der Waals surface area contributed by atoms with Crippen molar-refractivity contribution in [3.05, 3.63) is 71.4 Å². The van der Waals surface area contributed by atoms with E-state index in [1.54, 1.807) is 24.3 Å². The summed E-state index contributed by atoms with van der Waals surface area (Å²) in [6.45, 7) is 0.815. The Kier molecular flexibility index (Phi) is 5.09. The van der Waals surface area contributed by atoms with Crippen molar-refractivity contribution >= 4 is 29.4 Å². The number of carbonyl (C=O) groups is 1. The lowest BCUT2D eigenvalue weighted by molar-refractivity contribution is 0.0946. The number of amides is 1. The van der Waals surface area contributed by atoms with Crippen molar-refractivity contribution in [2.75, 3.05) is 0 Å². The topological polar surface area (TPSA) is 108 Å². The number of hydrogen-bond donors (Lipinski definition) is 4. The molecule has 7 heteroatoms. The van der Waals surface area contributed by atoms with Crippen LogP contribution in [0.1, 0.15) is 21.6 Å². The fourth-order valence-electron chi connectivity index (χ4n) is 2.60. The second-order valence-electron chi connectivity index (χ2n) is 5.69. The SMILES string of the molecule is NCc1ccc(CNC(=O)c2cc3ccccc3c(B(O)O)n2)cc1. The lowest BCUT2D eigenvalue weighted by Crippen LogP contribution is -2.36. The van der Waals surface area contributed by atoms with Crippen molar-refractivity contribution in [2.24, 2.45) is 5.73 Å². The lowest BCUT2D eigenvalue weighted by atomic mass is 9.82. The molecule has 0 unspecified atom stereocenters. The zero-order chi connectivity index (χ0) is 17.8. The summed E-state index contributed by atoms with van der Waals surface area (Å²) in [6, 6.07) is 16.4. The molecule has 0 spiro atoms. The van der Waals surface area contributed by atoms with Crippen LogP contribution in [0.5, 0.6) is 0 Å². The fourth-order valence-corrected chi connectivity index (χ4v) is 2.60. The van der Waals surface area contributed by atoms with Gasteiger partial charge in [-0.15, -0.1) is 0 Å². The largest absolute Gasteiger partial charge is 0.508 e. The molecule has 25 heavy (non-hydrogen) atoms. The first-order valence-electron chi connectivity index (χ1n) is 7.90. The fraction of sp³-hybridized carbons (Fsp3) is 0.111. The molecule has 0 saturated heterocycles. The van der Waals surface area contributed by atoms with Crippen molar-refractivity contribution in [3.63, 3.8) is 0 Å². The molecular formula is C18H18BN3O3. The maximum Gasteiger partial charge on any atom is 0.508 e. The molecule has 1 aromatic heterocycles. The predicted molar refractivity (Wildman–Crippen MR) is 97.1 cm³/mol. The van der Waals surface area contributed by atoms with Crippen LogP contribution in [0.4, 0.5) is 0 Å². The summed E-state index contributed by atoms with van der Waals surface area (Å²) in [7, 11) is -1.75. The van der Waals surface area contributed by atoms with Gasteiger partial charge in [0, 0.05) is 13.1 Å². The van der Waals surface area contributed by atoms with Crippen molar-refractivity contribution in [1.82, 2.24) is 10.3 Å². The average Bonchev–Trinajstić information content (AvgIpc) is 2.65. The highest BCUT2D eigenvalue weighted by atomic mass is 16.4. The Labute approximate surface area is 145 Å². The summed E-state index contributed by atoms with van der Waals surface area (Å²) < 4.78 is 0. The van der Waals surface area contributed by atoms with Crippen molar-refractivity contribution < 1.29 is 14.8 Å². The zero-order valence-corrected chi connectivity index (χ0v) is 13.5. The maximum atomic E-state index is 12.4. The van der Waals surface area contributed by atoms with Crippen molar-refractivity contribution in [2.45, 2.75) is 13.1 Å². The van der Waals surface area contributed by atoms with Crippen LogP contribution in [-0.4, -0.2) is 28.1 Å². The summed E-state index contributed by atoms with van der Waals surface area (Å²) >= 11 is 0. The van der Waals surface area contributed by atoms with Crippen LogP contribution < -0.4 is 16.6 Å². The second kappa shape index (κ2) is 7.44. The standard InChI is InChI=1S/C18H18BN3O3/c20-10-12-5-7-13(8-6-12)11-21-18(23)16-9-14-3-1-2-4-15(14)17(22-16)19(24)25/h1-9,24-25H,10-11,20H2,(H,21,23). The number of pyridine rings is 1. The quantitative estimate of drug-likeness (QED) is 0.502. The van der Waals surface area contributed by atoms with Crippen molar-refractivity contribution in [1.29, 1.82) is 0 Å². The lowest BCUT2D eigenvalue weighted by Gasteiger charge is -2.10. The maximum absolute atomic E-state index is 12.4. The molecule has 126 valence electrons. The minimum atomic E-state index is -1.75. The Balaban J connectivity index is 1.81. The van der Waals surface area contributed by atoms with Crippen LogP contribution in [-0.2, 0) is 13.1 Å². The first-order chi connectivity index (χ1) is 12.1. The van der Waals surface area contributed by atoms with E-state index in [2.05, 4.69) is 10.3 Å². The highest BCUT2D eigenvalue weighted by molar-refractivity contribution is 6.60. The van der Waals surface area contributed by atoms with E-state index in [0.29, 0.717) is 18.5 Å². The molecule has 1 amide bonds. The van der Waals surface area contributed by atoms with E-state index in [1.165, 1.54) is 0 Å². The summed E-state index contributed by atoms with van der Waals surface area (Å²) in [4.78, 5) is 16.5. The molecule has 0 bridgehead atoms. The summed E-state index contributed by atoms with van der Waals surface area (Å²) in [5, 5.41) is 23.2. The molecule has 0 aliphatic carbocycles. The number of nitrogens with two attached hydrogens (primary N) is 1. The second-order valence-corrected chi connectivity index (χ2v) is 5.69. The smallest absolute Gasteiger partial charge is 0.422 e. The molecule has 5 N–H and O–H groups in total. The highest BCUT2D eigenvalue weighted by Crippen LogP contribution is 2.13. The Morgan fingerprint density at radius 3 is 2.44 bits per heavy atom. The van der Waals surface area contributed by atoms with Crippen LogP contribution in [0.3, 0.4) is 0 Å². The van der Waals surface area contributed by atoms with Crippen LogP contribution in [0.25, 0.3) is 10.8 Å². The monoisotopic (exact) mass is 335 g/mol. The summed E-state index contributed by atoms with van der Waals surface area (Å²) in [6.07, 6.45) is 0. The number of fused-ring (bicyclic) bond motifs is 1. The molecular weight excluding hydrogens is 317 g/mol. The molecule has 3 aromatic rings. The van der Waals surface area contributed by atoms with E-state index in [1.807, 2.05) is 30.3 Å². The molecule has 3 rings (SSSR count). The third-order valence-electron chi connectivity index (χ3n) is 3.96. The third-order valence-corrected chi connectivity index (χ3v) is 3.96. The normalized spacial score (nSPS) is 10.7. The Morgan fingerprint density at radius 1 is 1.08 bits per heavy atom. The van der Waals surface area contributed by atoms with Gasteiger partial charge in [0.15, 0.2) is 0 Å². The summed E-state index contributed by atoms with van der Waals surface area (Å²) in [5.74, 6) is -0.379. The van der Waals surface area contributed by atoms with E-state index < -0.39 is 7.12 Å². The predicted octanol–water partition coefficient (Wildman–Crippen LogP) is 0.303. The zero-order valence-electron chi connectivity index (χ0n) is 13.5. The van der Waals surface area contributed by atoms with Crippen LogP contribution >= 0.6 is 0 Å². The number of rotatable bonds is 5. The third kappa shape index (κ3) is 3.85. The molecule has 0 atom stereocenters. The van der Waals surface area contributed by atoms with Gasteiger partial charge in [-0.25, -0.2) is 0 Å². The van der Waals surface area contributed by atoms with Gasteiger partial charge in [-0.3, -0.25) is 9.78 Å². The average molecular weight is 335 g/mol. The molecule has 0 saturated carbocycles. The highest BCUT2D eigenvalue weighted by Gasteiger charge is 2.20. The minimum absolute atomic E-state index is 0.0653. The minimum Gasteiger partial charge on any atom is -0.422 e. The van der Waals surface area contributed by atoms with E-state index >= 15 is 0 Å². The number of carbonyl (C=O) groups excluding carboxylic acids is 1. The van der Waals surface area contributed by atoms with Gasteiger partial charge in [0.2, 0.25) is 0 Å². The van der Waals surface area contributed by atoms with E-state index in [4.69, 9.17) is 5.73 Å². The molecule has 0 aliphatic heterocycles. The van der Waals surface area contributed by atoms with Gasteiger partial charge >= 0.3 is 7.12 Å².